The van der Waals surface area contributed by atoms with E-state index >= 15 is 0 Å². The van der Waals surface area contributed by atoms with E-state index in [2.05, 4.69) is 39.8 Å². The third-order valence-corrected chi connectivity index (χ3v) is 4.77. The Balaban J connectivity index is 1.76. The topological polar surface area (TPSA) is 106 Å². The lowest BCUT2D eigenvalue weighted by Crippen LogP contribution is -2.23. The van der Waals surface area contributed by atoms with Crippen molar-refractivity contribution in [1.82, 2.24) is 24.8 Å². The van der Waals surface area contributed by atoms with Crippen LogP contribution in [0.4, 0.5) is 23.1 Å². The first-order valence-corrected chi connectivity index (χ1v) is 9.42. The zero-order chi connectivity index (χ0) is 19.0. The summed E-state index contributed by atoms with van der Waals surface area (Å²) in [5, 5.41) is 10.6. The number of anilines is 4. The molecule has 2 aromatic heterocycles. The number of fused-ring (bicyclic) bond motifs is 1. The van der Waals surface area contributed by atoms with Crippen LogP contribution >= 0.6 is 11.6 Å². The van der Waals surface area contributed by atoms with Gasteiger partial charge in [0, 0.05) is 35.0 Å². The second-order valence-corrected chi connectivity index (χ2v) is 7.48. The molecule has 0 spiro atoms. The predicted octanol–water partition coefficient (Wildman–Crippen LogP) is 3.16. The van der Waals surface area contributed by atoms with E-state index in [1.165, 1.54) is 0 Å². The molecule has 0 saturated carbocycles. The molecule has 9 heteroatoms. The van der Waals surface area contributed by atoms with Crippen LogP contribution in [0.2, 0.25) is 5.02 Å². The molecule has 0 aliphatic carbocycles. The van der Waals surface area contributed by atoms with Gasteiger partial charge in [-0.1, -0.05) is 11.6 Å². The molecular weight excluding hydrogens is 364 g/mol. The number of halogens is 1. The molecule has 1 aliphatic heterocycles. The molecule has 1 aromatic carbocycles. The zero-order valence-electron chi connectivity index (χ0n) is 15.3. The Morgan fingerprint density at radius 3 is 2.85 bits per heavy atom. The lowest BCUT2D eigenvalue weighted by molar-refractivity contribution is 0.612. The highest BCUT2D eigenvalue weighted by atomic mass is 35.5. The van der Waals surface area contributed by atoms with Gasteiger partial charge in [-0.2, -0.15) is 9.97 Å². The van der Waals surface area contributed by atoms with E-state index < -0.39 is 0 Å². The Morgan fingerprint density at radius 2 is 2.15 bits per heavy atom. The second-order valence-electron chi connectivity index (χ2n) is 7.05. The monoisotopic (exact) mass is 386 g/mol. The van der Waals surface area contributed by atoms with Crippen LogP contribution < -0.4 is 21.7 Å². The lowest BCUT2D eigenvalue weighted by Gasteiger charge is -2.15. The molecule has 0 amide bonds. The van der Waals surface area contributed by atoms with Gasteiger partial charge in [-0.05, 0) is 45.0 Å². The van der Waals surface area contributed by atoms with Crippen molar-refractivity contribution in [3.05, 3.63) is 29.5 Å². The normalized spacial score (nSPS) is 17.0. The molecule has 1 fully saturated rings. The maximum atomic E-state index is 6.13. The molecule has 3 heterocycles. The van der Waals surface area contributed by atoms with Gasteiger partial charge < -0.3 is 26.3 Å². The first kappa shape index (κ1) is 17.8. The molecule has 27 heavy (non-hydrogen) atoms. The molecule has 142 valence electrons. The molecule has 0 bridgehead atoms. The van der Waals surface area contributed by atoms with Gasteiger partial charge in [0.15, 0.2) is 17.0 Å². The van der Waals surface area contributed by atoms with Crippen LogP contribution in [0.3, 0.4) is 0 Å². The third kappa shape index (κ3) is 3.77. The Labute approximate surface area is 162 Å². The number of nitrogens with two attached hydrogens (primary N) is 1. The summed E-state index contributed by atoms with van der Waals surface area (Å²) in [4.78, 5) is 13.9. The van der Waals surface area contributed by atoms with E-state index in [9.17, 15) is 0 Å². The van der Waals surface area contributed by atoms with Crippen LogP contribution in [0, 0.1) is 0 Å². The van der Waals surface area contributed by atoms with E-state index in [0.717, 1.165) is 30.8 Å². The minimum absolute atomic E-state index is 0.237. The van der Waals surface area contributed by atoms with Gasteiger partial charge >= 0.3 is 0 Å². The molecule has 1 aliphatic rings. The summed E-state index contributed by atoms with van der Waals surface area (Å²) in [6, 6.07) is 5.87. The van der Waals surface area contributed by atoms with E-state index in [4.69, 9.17) is 22.3 Å². The van der Waals surface area contributed by atoms with Crippen LogP contribution in [-0.4, -0.2) is 38.7 Å². The van der Waals surface area contributed by atoms with Gasteiger partial charge in [0.1, 0.15) is 0 Å². The number of nitrogens with zero attached hydrogens (tertiary/aromatic N) is 4. The van der Waals surface area contributed by atoms with E-state index in [-0.39, 0.29) is 6.04 Å². The quantitative estimate of drug-likeness (QED) is 0.499. The first-order chi connectivity index (χ1) is 13.0. The van der Waals surface area contributed by atoms with Crippen LogP contribution in [0.25, 0.3) is 11.2 Å². The summed E-state index contributed by atoms with van der Waals surface area (Å²) in [6.07, 6.45) is 2.83. The maximum absolute atomic E-state index is 6.13. The molecular formula is C18H23ClN8. The first-order valence-electron chi connectivity index (χ1n) is 9.04. The largest absolute Gasteiger partial charge is 0.399 e. The molecule has 0 radical (unpaired) electrons. The van der Waals surface area contributed by atoms with Gasteiger partial charge in [-0.3, -0.25) is 0 Å². The highest BCUT2D eigenvalue weighted by Gasteiger charge is 2.19. The maximum Gasteiger partial charge on any atom is 0.227 e. The van der Waals surface area contributed by atoms with Crippen LogP contribution in [0.15, 0.2) is 24.5 Å². The summed E-state index contributed by atoms with van der Waals surface area (Å²) >= 11 is 6.13. The van der Waals surface area contributed by atoms with E-state index in [0.29, 0.717) is 34.0 Å². The smallest absolute Gasteiger partial charge is 0.227 e. The standard InChI is InChI=1S/C18H23ClN8/c1-10(2)27-9-22-15-16(23-14-6-11(19)5-12(20)7-14)25-18(26-17(15)27)24-13-3-4-21-8-13/h5-7,9-10,13,21H,3-4,8,20H2,1-2H3,(H2,23,24,25,26)/t13-/m1/s1. The summed E-state index contributed by atoms with van der Waals surface area (Å²) in [5.74, 6) is 1.20. The molecule has 0 unspecified atom stereocenters. The average molecular weight is 387 g/mol. The van der Waals surface area contributed by atoms with E-state index in [1.54, 1.807) is 18.5 Å². The van der Waals surface area contributed by atoms with Crippen LogP contribution in [-0.2, 0) is 0 Å². The minimum Gasteiger partial charge on any atom is -0.399 e. The summed E-state index contributed by atoms with van der Waals surface area (Å²) in [5.41, 5.74) is 8.74. The van der Waals surface area contributed by atoms with Gasteiger partial charge in [0.05, 0.1) is 6.33 Å². The fourth-order valence-electron chi connectivity index (χ4n) is 3.23. The Bertz CT molecular complexity index is 941. The molecule has 1 saturated heterocycles. The van der Waals surface area contributed by atoms with Crippen molar-refractivity contribution in [2.24, 2.45) is 0 Å². The highest BCUT2D eigenvalue weighted by Crippen LogP contribution is 2.28. The van der Waals surface area contributed by atoms with Crippen molar-refractivity contribution in [1.29, 1.82) is 0 Å². The summed E-state index contributed by atoms with van der Waals surface area (Å²) < 4.78 is 2.03. The molecule has 3 aromatic rings. The number of hydrogen-bond acceptors (Lipinski definition) is 7. The fraction of sp³-hybridized carbons (Fsp3) is 0.389. The second kappa shape index (κ2) is 7.21. The van der Waals surface area contributed by atoms with Crippen molar-refractivity contribution in [2.45, 2.75) is 32.4 Å². The van der Waals surface area contributed by atoms with E-state index in [1.807, 2.05) is 10.6 Å². The Hall–Kier alpha value is -2.58. The van der Waals surface area contributed by atoms with Gasteiger partial charge in [-0.15, -0.1) is 0 Å². The zero-order valence-corrected chi connectivity index (χ0v) is 16.1. The Kier molecular flexibility index (Phi) is 4.75. The number of nitrogen functional groups attached to an aromatic ring is 1. The SMILES string of the molecule is CC(C)n1cnc2c(Nc3cc(N)cc(Cl)c3)nc(N[C@@H]3CCNC3)nc21. The van der Waals surface area contributed by atoms with Gasteiger partial charge in [0.25, 0.3) is 0 Å². The summed E-state index contributed by atoms with van der Waals surface area (Å²) in [7, 11) is 0. The number of nitrogens with one attached hydrogen (secondary N) is 3. The third-order valence-electron chi connectivity index (χ3n) is 4.55. The predicted molar refractivity (Wildman–Crippen MR) is 110 cm³/mol. The fourth-order valence-corrected chi connectivity index (χ4v) is 3.47. The highest BCUT2D eigenvalue weighted by molar-refractivity contribution is 6.31. The molecule has 4 rings (SSSR count). The van der Waals surface area contributed by atoms with Gasteiger partial charge in [-0.25, -0.2) is 4.98 Å². The minimum atomic E-state index is 0.237. The number of rotatable bonds is 5. The number of imidazole rings is 1. The van der Waals surface area contributed by atoms with Crippen molar-refractivity contribution in [2.75, 3.05) is 29.5 Å². The molecule has 5 N–H and O–H groups in total. The number of hydrogen-bond donors (Lipinski definition) is 4. The van der Waals surface area contributed by atoms with Crippen LogP contribution in [0.5, 0.6) is 0 Å². The number of benzene rings is 1. The van der Waals surface area contributed by atoms with Crippen molar-refractivity contribution >= 4 is 45.9 Å². The van der Waals surface area contributed by atoms with Crippen molar-refractivity contribution in [3.8, 4) is 0 Å². The van der Waals surface area contributed by atoms with Crippen LogP contribution in [0.1, 0.15) is 26.3 Å². The van der Waals surface area contributed by atoms with Crippen molar-refractivity contribution < 1.29 is 0 Å². The number of aromatic nitrogens is 4. The molecule has 8 nitrogen and oxygen atoms in total. The Morgan fingerprint density at radius 1 is 1.30 bits per heavy atom. The van der Waals surface area contributed by atoms with Gasteiger partial charge in [0.2, 0.25) is 5.95 Å². The molecule has 1 atom stereocenters. The lowest BCUT2D eigenvalue weighted by atomic mass is 10.2. The average Bonchev–Trinajstić information content (AvgIpc) is 3.23. The summed E-state index contributed by atoms with van der Waals surface area (Å²) in [6.45, 7) is 6.10. The van der Waals surface area contributed by atoms with Crippen molar-refractivity contribution in [3.63, 3.8) is 0 Å².